The third-order valence-corrected chi connectivity index (χ3v) is 8.71. The van der Waals surface area contributed by atoms with E-state index in [4.69, 9.17) is 26.0 Å². The van der Waals surface area contributed by atoms with Crippen LogP contribution in [0.1, 0.15) is 20.9 Å². The van der Waals surface area contributed by atoms with E-state index < -0.39 is 18.2 Å². The summed E-state index contributed by atoms with van der Waals surface area (Å²) in [4.78, 5) is 28.5. The molecule has 0 saturated carbocycles. The van der Waals surface area contributed by atoms with E-state index in [1.807, 2.05) is 0 Å². The van der Waals surface area contributed by atoms with Gasteiger partial charge in [-0.3, -0.25) is 15.3 Å². The number of hydrogen-bond donors (Lipinski definition) is 3. The van der Waals surface area contributed by atoms with Crippen LogP contribution in [-0.4, -0.2) is 56.2 Å². The molecule has 35 heavy (non-hydrogen) atoms. The fourth-order valence-electron chi connectivity index (χ4n) is 3.46. The summed E-state index contributed by atoms with van der Waals surface area (Å²) in [5, 5.41) is 8.88. The number of nitrogens with two attached hydrogens (primary N) is 2. The van der Waals surface area contributed by atoms with E-state index in [0.717, 1.165) is 6.42 Å². The molecule has 3 aromatic rings. The van der Waals surface area contributed by atoms with Gasteiger partial charge in [-0.25, -0.2) is 0 Å². The molecule has 3 rings (SSSR count). The van der Waals surface area contributed by atoms with Crippen LogP contribution < -0.4 is 11.5 Å². The highest BCUT2D eigenvalue weighted by atomic mass is 32.1. The Kier molecular flexibility index (Phi) is 10.4. The summed E-state index contributed by atoms with van der Waals surface area (Å²) < 4.78 is 15.7. The highest BCUT2D eigenvalue weighted by Gasteiger charge is 2.17. The van der Waals surface area contributed by atoms with Gasteiger partial charge in [-0.1, -0.05) is 0 Å². The predicted octanol–water partition coefficient (Wildman–Crippen LogP) is 3.81. The van der Waals surface area contributed by atoms with Gasteiger partial charge in [-0.05, 0) is 62.1 Å². The SMILES string of the molecule is Cc1cc(CCOC[C@H](N)OC=O)c(-c2ccc(-c3sc(C)cc3CCOC[C@H](N)C(=O)O)s2)s1. The molecule has 8 nitrogen and oxygen atoms in total. The van der Waals surface area contributed by atoms with Gasteiger partial charge in [0.15, 0.2) is 6.23 Å². The van der Waals surface area contributed by atoms with Crippen LogP contribution in [0.25, 0.3) is 19.5 Å². The van der Waals surface area contributed by atoms with Crippen molar-refractivity contribution in [2.24, 2.45) is 11.5 Å². The van der Waals surface area contributed by atoms with E-state index >= 15 is 0 Å². The predicted molar refractivity (Wildman–Crippen MR) is 140 cm³/mol. The van der Waals surface area contributed by atoms with Gasteiger partial charge in [0.05, 0.1) is 26.4 Å². The molecule has 0 aliphatic carbocycles. The monoisotopic (exact) mass is 538 g/mol. The molecule has 0 bridgehead atoms. The first-order chi connectivity index (χ1) is 16.8. The van der Waals surface area contributed by atoms with Gasteiger partial charge in [0.25, 0.3) is 6.47 Å². The van der Waals surface area contributed by atoms with Crippen molar-refractivity contribution in [2.75, 3.05) is 26.4 Å². The summed E-state index contributed by atoms with van der Waals surface area (Å²) >= 11 is 5.27. The third-order valence-electron chi connectivity index (χ3n) is 5.08. The molecule has 5 N–H and O–H groups in total. The number of thiophene rings is 3. The topological polar surface area (TPSA) is 134 Å². The number of carbonyl (C=O) groups excluding carboxylic acids is 1. The van der Waals surface area contributed by atoms with Crippen molar-refractivity contribution in [1.82, 2.24) is 0 Å². The quantitative estimate of drug-likeness (QED) is 0.151. The lowest BCUT2D eigenvalue weighted by Gasteiger charge is -2.10. The smallest absolute Gasteiger partial charge is 0.322 e. The highest BCUT2D eigenvalue weighted by molar-refractivity contribution is 7.26. The second-order valence-electron chi connectivity index (χ2n) is 7.95. The normalized spacial score (nSPS) is 13.0. The maximum absolute atomic E-state index is 10.8. The standard InChI is InChI=1S/C24H30N2O6S3/c1-14-9-16(5-7-30-11-18(25)24(28)29)22(33-14)19-3-4-20(35-19)23-17(10-15(2)34-23)6-8-31-12-21(26)32-13-27/h3-4,9-10,13,18,21H,5-8,11-12,25-26H2,1-2H3,(H,28,29)/t18-,21+/m0/s1. The van der Waals surface area contributed by atoms with E-state index in [0.29, 0.717) is 26.1 Å². The van der Waals surface area contributed by atoms with Crippen LogP contribution in [0.4, 0.5) is 0 Å². The molecular formula is C24H30N2O6S3. The number of aliphatic carboxylic acids is 1. The van der Waals surface area contributed by atoms with Crippen LogP contribution in [-0.2, 0) is 36.6 Å². The number of aryl methyl sites for hydroxylation is 2. The summed E-state index contributed by atoms with van der Waals surface area (Å²) in [6, 6.07) is 7.65. The summed E-state index contributed by atoms with van der Waals surface area (Å²) in [6.07, 6.45) is 0.675. The second-order valence-corrected chi connectivity index (χ2v) is 11.5. The lowest BCUT2D eigenvalue weighted by molar-refractivity contribution is -0.140. The molecule has 0 fully saturated rings. The Bertz CT molecular complexity index is 1120. The van der Waals surface area contributed by atoms with Gasteiger partial charge in [0, 0.05) is 29.3 Å². The van der Waals surface area contributed by atoms with E-state index in [2.05, 4.69) is 42.8 Å². The molecule has 0 spiro atoms. The minimum atomic E-state index is -1.06. The van der Waals surface area contributed by atoms with Crippen molar-refractivity contribution in [1.29, 1.82) is 0 Å². The number of carboxylic acid groups (broad SMARTS) is 1. The van der Waals surface area contributed by atoms with Crippen LogP contribution in [0.5, 0.6) is 0 Å². The fraction of sp³-hybridized carbons (Fsp3) is 0.417. The molecule has 3 heterocycles. The third kappa shape index (κ3) is 7.94. The summed E-state index contributed by atoms with van der Waals surface area (Å²) in [7, 11) is 0. The molecule has 0 amide bonds. The first kappa shape index (κ1) is 27.5. The molecule has 190 valence electrons. The molecule has 0 saturated heterocycles. The Hall–Kier alpha value is -2.12. The summed E-state index contributed by atoms with van der Waals surface area (Å²) in [5.41, 5.74) is 13.5. The Morgan fingerprint density at radius 1 is 0.943 bits per heavy atom. The number of hydrogen-bond acceptors (Lipinski definition) is 10. The van der Waals surface area contributed by atoms with Crippen LogP contribution >= 0.6 is 34.0 Å². The molecule has 0 unspecified atom stereocenters. The molecule has 3 aromatic heterocycles. The second kappa shape index (κ2) is 13.3. The van der Waals surface area contributed by atoms with Gasteiger partial charge < -0.3 is 25.1 Å². The summed E-state index contributed by atoms with van der Waals surface area (Å²) in [6.45, 7) is 5.56. The van der Waals surface area contributed by atoms with Crippen molar-refractivity contribution < 1.29 is 28.9 Å². The largest absolute Gasteiger partial charge is 0.480 e. The molecule has 0 aliphatic rings. The first-order valence-corrected chi connectivity index (χ1v) is 13.5. The van der Waals surface area contributed by atoms with Gasteiger partial charge in [0.1, 0.15) is 6.04 Å². The lowest BCUT2D eigenvalue weighted by Crippen LogP contribution is -2.35. The van der Waals surface area contributed by atoms with Crippen molar-refractivity contribution in [2.45, 2.75) is 39.0 Å². The number of ether oxygens (including phenoxy) is 3. The van der Waals surface area contributed by atoms with Gasteiger partial charge in [-0.2, -0.15) is 0 Å². The van der Waals surface area contributed by atoms with E-state index in [-0.39, 0.29) is 13.2 Å². The van der Waals surface area contributed by atoms with Crippen LogP contribution in [0.2, 0.25) is 0 Å². The zero-order chi connectivity index (χ0) is 25.4. The van der Waals surface area contributed by atoms with E-state index in [1.165, 1.54) is 40.4 Å². The fourth-order valence-corrected chi connectivity index (χ4v) is 6.88. The van der Waals surface area contributed by atoms with Crippen molar-refractivity contribution in [3.05, 3.63) is 45.1 Å². The van der Waals surface area contributed by atoms with Crippen molar-refractivity contribution in [3.63, 3.8) is 0 Å². The maximum Gasteiger partial charge on any atom is 0.322 e. The van der Waals surface area contributed by atoms with Gasteiger partial charge in [0.2, 0.25) is 0 Å². The van der Waals surface area contributed by atoms with E-state index in [1.54, 1.807) is 34.0 Å². The molecular weight excluding hydrogens is 508 g/mol. The minimum Gasteiger partial charge on any atom is -0.480 e. The van der Waals surface area contributed by atoms with Crippen molar-refractivity contribution in [3.8, 4) is 19.5 Å². The zero-order valence-electron chi connectivity index (χ0n) is 19.7. The molecule has 0 aliphatic heterocycles. The highest BCUT2D eigenvalue weighted by Crippen LogP contribution is 2.43. The average Bonchev–Trinajstić information content (AvgIpc) is 3.52. The number of carbonyl (C=O) groups is 2. The van der Waals surface area contributed by atoms with Crippen LogP contribution in [0, 0.1) is 13.8 Å². The lowest BCUT2D eigenvalue weighted by atomic mass is 10.1. The summed E-state index contributed by atoms with van der Waals surface area (Å²) in [5.74, 6) is -1.06. The van der Waals surface area contributed by atoms with Gasteiger partial charge >= 0.3 is 5.97 Å². The van der Waals surface area contributed by atoms with E-state index in [9.17, 15) is 9.59 Å². The Balaban J connectivity index is 1.66. The minimum absolute atomic E-state index is 0.00277. The Labute approximate surface area is 216 Å². The molecule has 0 radical (unpaired) electrons. The first-order valence-electron chi connectivity index (χ1n) is 11.1. The Morgan fingerprint density at radius 2 is 1.46 bits per heavy atom. The van der Waals surface area contributed by atoms with Crippen LogP contribution in [0.3, 0.4) is 0 Å². The van der Waals surface area contributed by atoms with Crippen LogP contribution in [0.15, 0.2) is 24.3 Å². The zero-order valence-corrected chi connectivity index (χ0v) is 22.1. The van der Waals surface area contributed by atoms with Crippen molar-refractivity contribution >= 4 is 46.5 Å². The number of carboxylic acids is 1. The Morgan fingerprint density at radius 3 is 1.94 bits per heavy atom. The molecule has 0 aromatic carbocycles. The number of rotatable bonds is 15. The molecule has 11 heteroatoms. The maximum atomic E-state index is 10.8. The van der Waals surface area contributed by atoms with Gasteiger partial charge in [-0.15, -0.1) is 34.0 Å². The molecule has 2 atom stereocenters. The average molecular weight is 539 g/mol.